The topological polar surface area (TPSA) is 85.3 Å². The molecule has 0 bridgehead atoms. The van der Waals surface area contributed by atoms with Crippen molar-refractivity contribution in [2.45, 2.75) is 50.6 Å². The number of carbonyl (C=O) groups is 1. The molecule has 1 aromatic carbocycles. The minimum Gasteiger partial charge on any atom is -0.449 e. The van der Waals surface area contributed by atoms with Crippen LogP contribution in [0.15, 0.2) is 39.5 Å². The molecule has 0 radical (unpaired) electrons. The largest absolute Gasteiger partial charge is 0.449 e. The Labute approximate surface area is 164 Å². The quantitative estimate of drug-likeness (QED) is 0.647. The Kier molecular flexibility index (Phi) is 4.37. The van der Waals surface area contributed by atoms with Gasteiger partial charge < -0.3 is 13.7 Å². The molecule has 0 unspecified atom stereocenters. The molecule has 1 saturated carbocycles. The maximum Gasteiger partial charge on any atom is 0.314 e. The van der Waals surface area contributed by atoms with Crippen LogP contribution in [0.2, 0.25) is 0 Å². The number of halogens is 2. The van der Waals surface area contributed by atoms with Crippen molar-refractivity contribution in [2.24, 2.45) is 0 Å². The maximum atomic E-state index is 13.2. The van der Waals surface area contributed by atoms with Gasteiger partial charge >= 0.3 is 6.43 Å². The van der Waals surface area contributed by atoms with E-state index in [2.05, 4.69) is 15.2 Å². The molecular weight excluding hydrogens is 382 g/mol. The van der Waals surface area contributed by atoms with E-state index >= 15 is 0 Å². The number of nitrogens with zero attached hydrogens (tertiary/aromatic N) is 4. The summed E-state index contributed by atoms with van der Waals surface area (Å²) in [5.41, 5.74) is 1.88. The van der Waals surface area contributed by atoms with E-state index in [0.717, 1.165) is 31.2 Å². The second-order valence-electron chi connectivity index (χ2n) is 7.38. The fraction of sp³-hybridized carbons (Fsp3) is 0.400. The van der Waals surface area contributed by atoms with Crippen LogP contribution in [0.4, 0.5) is 8.78 Å². The van der Waals surface area contributed by atoms with Gasteiger partial charge in [-0.15, -0.1) is 10.2 Å². The molecule has 5 rings (SSSR count). The van der Waals surface area contributed by atoms with Crippen molar-refractivity contribution in [1.29, 1.82) is 0 Å². The van der Waals surface area contributed by atoms with E-state index in [1.54, 1.807) is 24.6 Å². The van der Waals surface area contributed by atoms with E-state index in [4.69, 9.17) is 8.83 Å². The van der Waals surface area contributed by atoms with Crippen molar-refractivity contribution in [1.82, 2.24) is 20.1 Å². The molecule has 2 atom stereocenters. The molecule has 0 saturated heterocycles. The van der Waals surface area contributed by atoms with E-state index < -0.39 is 12.3 Å². The molecule has 29 heavy (non-hydrogen) atoms. The van der Waals surface area contributed by atoms with E-state index in [1.165, 1.54) is 0 Å². The second-order valence-corrected chi connectivity index (χ2v) is 7.38. The first-order valence-corrected chi connectivity index (χ1v) is 9.57. The summed E-state index contributed by atoms with van der Waals surface area (Å²) in [7, 11) is 0. The number of aromatic nitrogens is 3. The summed E-state index contributed by atoms with van der Waals surface area (Å²) in [5, 5.41) is 7.02. The van der Waals surface area contributed by atoms with Gasteiger partial charge in [0.05, 0.1) is 12.1 Å². The molecule has 0 N–H and O–H groups in total. The Morgan fingerprint density at radius 3 is 2.79 bits per heavy atom. The third-order valence-electron chi connectivity index (χ3n) is 5.71. The molecule has 1 amide bonds. The van der Waals surface area contributed by atoms with Crippen molar-refractivity contribution in [3.63, 3.8) is 0 Å². The standard InChI is InChI=1S/C20H18F2N4O3/c21-16(22)19-25-24-17(29-19)11-5-6-12-10-26(20(27)14(12)9-11)15-4-2-1-3-13(15)18-23-7-8-28-18/h5-9,13,15-16H,1-4,10H2/t13-,15-/m1/s1. The van der Waals surface area contributed by atoms with Crippen molar-refractivity contribution in [3.8, 4) is 11.5 Å². The van der Waals surface area contributed by atoms with Crippen LogP contribution >= 0.6 is 0 Å². The maximum absolute atomic E-state index is 13.2. The van der Waals surface area contributed by atoms with Gasteiger partial charge in [0.25, 0.3) is 11.8 Å². The van der Waals surface area contributed by atoms with Crippen LogP contribution in [0, 0.1) is 0 Å². The zero-order valence-corrected chi connectivity index (χ0v) is 15.4. The minimum atomic E-state index is -2.83. The highest BCUT2D eigenvalue weighted by Crippen LogP contribution is 2.39. The second kappa shape index (κ2) is 7.06. The molecule has 1 aliphatic heterocycles. The van der Waals surface area contributed by atoms with Gasteiger partial charge in [-0.3, -0.25) is 4.79 Å². The first kappa shape index (κ1) is 18.0. The molecule has 3 aromatic rings. The SMILES string of the molecule is O=C1c2cc(-c3nnc(C(F)F)o3)ccc2CN1[C@@H]1CCCC[C@H]1c1ncco1. The summed E-state index contributed by atoms with van der Waals surface area (Å²) in [4.78, 5) is 19.4. The fourth-order valence-electron chi connectivity index (χ4n) is 4.35. The summed E-state index contributed by atoms with van der Waals surface area (Å²) in [6.07, 6.45) is 4.30. The molecule has 0 spiro atoms. The Bertz CT molecular complexity index is 1030. The molecule has 3 heterocycles. The average molecular weight is 400 g/mol. The number of alkyl halides is 2. The van der Waals surface area contributed by atoms with Crippen LogP contribution in [0.3, 0.4) is 0 Å². The van der Waals surface area contributed by atoms with Gasteiger partial charge in [0.2, 0.25) is 5.89 Å². The van der Waals surface area contributed by atoms with Gasteiger partial charge in [-0.05, 0) is 30.5 Å². The molecule has 2 aliphatic rings. The number of fused-ring (bicyclic) bond motifs is 1. The van der Waals surface area contributed by atoms with Crippen molar-refractivity contribution >= 4 is 5.91 Å². The Hall–Kier alpha value is -3.10. The van der Waals surface area contributed by atoms with Gasteiger partial charge in [0, 0.05) is 23.7 Å². The summed E-state index contributed by atoms with van der Waals surface area (Å²) >= 11 is 0. The van der Waals surface area contributed by atoms with Crippen molar-refractivity contribution < 1.29 is 22.4 Å². The average Bonchev–Trinajstić information content (AvgIpc) is 3.48. The molecule has 2 aromatic heterocycles. The van der Waals surface area contributed by atoms with Gasteiger partial charge in [-0.2, -0.15) is 8.78 Å². The lowest BCUT2D eigenvalue weighted by molar-refractivity contribution is 0.0610. The molecule has 1 aliphatic carbocycles. The van der Waals surface area contributed by atoms with Crippen LogP contribution in [0.25, 0.3) is 11.5 Å². The number of carbonyl (C=O) groups excluding carboxylic acids is 1. The van der Waals surface area contributed by atoms with E-state index in [9.17, 15) is 13.6 Å². The predicted octanol–water partition coefficient (Wildman–Crippen LogP) is 4.34. The Morgan fingerprint density at radius 1 is 1.17 bits per heavy atom. The highest BCUT2D eigenvalue weighted by Gasteiger charge is 2.40. The monoisotopic (exact) mass is 400 g/mol. The number of oxazole rings is 1. The van der Waals surface area contributed by atoms with Gasteiger partial charge in [-0.1, -0.05) is 18.9 Å². The van der Waals surface area contributed by atoms with E-state index in [1.807, 2.05) is 11.0 Å². The molecule has 1 fully saturated rings. The van der Waals surface area contributed by atoms with Crippen LogP contribution < -0.4 is 0 Å². The van der Waals surface area contributed by atoms with Crippen LogP contribution in [-0.4, -0.2) is 32.0 Å². The molecule has 7 nitrogen and oxygen atoms in total. The van der Waals surface area contributed by atoms with Gasteiger partial charge in [0.1, 0.15) is 6.26 Å². The molecule has 150 valence electrons. The van der Waals surface area contributed by atoms with Gasteiger partial charge in [-0.25, -0.2) is 4.98 Å². The van der Waals surface area contributed by atoms with Crippen molar-refractivity contribution in [3.05, 3.63) is 53.6 Å². The van der Waals surface area contributed by atoms with Crippen LogP contribution in [-0.2, 0) is 6.54 Å². The Morgan fingerprint density at radius 2 is 2.03 bits per heavy atom. The zero-order chi connectivity index (χ0) is 20.0. The highest BCUT2D eigenvalue weighted by atomic mass is 19.3. The summed E-state index contributed by atoms with van der Waals surface area (Å²) in [6, 6.07) is 5.19. The number of hydrogen-bond acceptors (Lipinski definition) is 6. The van der Waals surface area contributed by atoms with Crippen LogP contribution in [0.5, 0.6) is 0 Å². The number of rotatable bonds is 4. The lowest BCUT2D eigenvalue weighted by Crippen LogP contribution is -2.41. The van der Waals surface area contributed by atoms with E-state index in [0.29, 0.717) is 23.6 Å². The minimum absolute atomic E-state index is 0.0135. The Balaban J connectivity index is 1.43. The zero-order valence-electron chi connectivity index (χ0n) is 15.4. The number of amides is 1. The molecule has 9 heteroatoms. The normalized spacial score (nSPS) is 21.8. The number of hydrogen-bond donors (Lipinski definition) is 0. The van der Waals surface area contributed by atoms with Crippen LogP contribution in [0.1, 0.15) is 65.7 Å². The highest BCUT2D eigenvalue weighted by molar-refractivity contribution is 5.99. The third-order valence-corrected chi connectivity index (χ3v) is 5.71. The van der Waals surface area contributed by atoms with Gasteiger partial charge in [0.15, 0.2) is 5.89 Å². The summed E-state index contributed by atoms with van der Waals surface area (Å²) < 4.78 is 36.0. The third kappa shape index (κ3) is 3.10. The van der Waals surface area contributed by atoms with Crippen molar-refractivity contribution in [2.75, 3.05) is 0 Å². The summed E-state index contributed by atoms with van der Waals surface area (Å²) in [5.74, 6) is -0.0985. The first-order chi connectivity index (χ1) is 14.1. The fourth-order valence-corrected chi connectivity index (χ4v) is 4.35. The lowest BCUT2D eigenvalue weighted by atomic mass is 9.83. The first-order valence-electron chi connectivity index (χ1n) is 9.57. The number of benzene rings is 1. The molecular formula is C20H18F2N4O3. The summed E-state index contributed by atoms with van der Waals surface area (Å²) in [6.45, 7) is 0.502. The smallest absolute Gasteiger partial charge is 0.314 e. The van der Waals surface area contributed by atoms with E-state index in [-0.39, 0.29) is 23.8 Å². The lowest BCUT2D eigenvalue weighted by Gasteiger charge is -2.36. The predicted molar refractivity (Wildman–Crippen MR) is 96.1 cm³/mol.